The van der Waals surface area contributed by atoms with E-state index in [2.05, 4.69) is 10.0 Å². The van der Waals surface area contributed by atoms with E-state index in [0.717, 1.165) is 0 Å². The third kappa shape index (κ3) is 5.64. The van der Waals surface area contributed by atoms with E-state index in [-0.39, 0.29) is 27.6 Å². The van der Waals surface area contributed by atoms with E-state index in [1.165, 1.54) is 71.8 Å². The van der Waals surface area contributed by atoms with Crippen molar-refractivity contribution < 1.29 is 37.0 Å². The lowest BCUT2D eigenvalue weighted by Crippen LogP contribution is -2.41. The van der Waals surface area contributed by atoms with Crippen molar-refractivity contribution in [2.24, 2.45) is 0 Å². The van der Waals surface area contributed by atoms with Crippen LogP contribution in [0, 0.1) is 0 Å². The van der Waals surface area contributed by atoms with Crippen LogP contribution in [0.3, 0.4) is 0 Å². The largest absolute Gasteiger partial charge is 0.497 e. The van der Waals surface area contributed by atoms with Crippen LogP contribution in [0.15, 0.2) is 41.3 Å². The van der Waals surface area contributed by atoms with Gasteiger partial charge in [0.05, 0.1) is 50.6 Å². The van der Waals surface area contributed by atoms with Crippen molar-refractivity contribution in [1.29, 1.82) is 0 Å². The van der Waals surface area contributed by atoms with E-state index >= 15 is 0 Å². The summed E-state index contributed by atoms with van der Waals surface area (Å²) in [6.07, 6.45) is 0. The maximum absolute atomic E-state index is 12.7. The number of amides is 1. The third-order valence-corrected chi connectivity index (χ3v) is 5.84. The van der Waals surface area contributed by atoms with Gasteiger partial charge in [0.1, 0.15) is 5.75 Å². The second-order valence-corrected chi connectivity index (χ2v) is 7.97. The molecule has 11 heteroatoms. The van der Waals surface area contributed by atoms with Crippen molar-refractivity contribution in [2.45, 2.75) is 17.9 Å². The van der Waals surface area contributed by atoms with Crippen LogP contribution < -0.4 is 24.2 Å². The number of rotatable bonds is 9. The van der Waals surface area contributed by atoms with Gasteiger partial charge in [0, 0.05) is 12.1 Å². The quantitative estimate of drug-likeness (QED) is 0.551. The van der Waals surface area contributed by atoms with Crippen LogP contribution in [0.4, 0.5) is 5.69 Å². The smallest absolute Gasteiger partial charge is 0.340 e. The Morgan fingerprint density at radius 1 is 0.903 bits per heavy atom. The lowest BCUT2D eigenvalue weighted by atomic mass is 10.1. The summed E-state index contributed by atoms with van der Waals surface area (Å²) in [5.74, 6) is -0.406. The fourth-order valence-electron chi connectivity index (χ4n) is 2.61. The van der Waals surface area contributed by atoms with E-state index in [1.54, 1.807) is 0 Å². The van der Waals surface area contributed by atoms with Gasteiger partial charge in [-0.05, 0) is 31.2 Å². The summed E-state index contributed by atoms with van der Waals surface area (Å²) in [6, 6.07) is 7.27. The number of ether oxygens (including phenoxy) is 4. The molecule has 0 radical (unpaired) electrons. The molecule has 1 amide bonds. The van der Waals surface area contributed by atoms with Crippen molar-refractivity contribution in [2.75, 3.05) is 33.8 Å². The number of nitrogens with one attached hydrogen (secondary N) is 2. The lowest BCUT2D eigenvalue weighted by molar-refractivity contribution is -0.117. The zero-order chi connectivity index (χ0) is 23.2. The number of methoxy groups -OCH3 is 4. The molecule has 0 spiro atoms. The molecule has 0 heterocycles. The Morgan fingerprint density at radius 3 is 2.00 bits per heavy atom. The highest BCUT2D eigenvalue weighted by molar-refractivity contribution is 7.89. The van der Waals surface area contributed by atoms with Crippen molar-refractivity contribution in [1.82, 2.24) is 4.72 Å². The minimum Gasteiger partial charge on any atom is -0.497 e. The number of esters is 1. The number of anilines is 1. The minimum absolute atomic E-state index is 0.0127. The molecular formula is C20H24N2O8S. The van der Waals surface area contributed by atoms with Crippen LogP contribution in [0.5, 0.6) is 17.2 Å². The maximum atomic E-state index is 12.7. The van der Waals surface area contributed by atoms with Gasteiger partial charge in [-0.2, -0.15) is 4.72 Å². The van der Waals surface area contributed by atoms with Gasteiger partial charge in [0.15, 0.2) is 11.5 Å². The van der Waals surface area contributed by atoms with Crippen molar-refractivity contribution in [3.8, 4) is 17.2 Å². The lowest BCUT2D eigenvalue weighted by Gasteiger charge is -2.17. The number of carbonyl (C=O) groups is 2. The zero-order valence-electron chi connectivity index (χ0n) is 17.7. The summed E-state index contributed by atoms with van der Waals surface area (Å²) in [5.41, 5.74) is 0.0868. The Kier molecular flexibility index (Phi) is 7.83. The number of hydrogen-bond acceptors (Lipinski definition) is 8. The van der Waals surface area contributed by atoms with Crippen LogP contribution >= 0.6 is 0 Å². The summed E-state index contributed by atoms with van der Waals surface area (Å²) >= 11 is 0. The molecule has 0 bridgehead atoms. The highest BCUT2D eigenvalue weighted by atomic mass is 32.2. The van der Waals surface area contributed by atoms with Gasteiger partial charge in [0.25, 0.3) is 0 Å². The number of sulfonamides is 1. The Bertz CT molecular complexity index is 1050. The Morgan fingerprint density at radius 2 is 1.48 bits per heavy atom. The summed E-state index contributed by atoms with van der Waals surface area (Å²) < 4.78 is 47.5. The van der Waals surface area contributed by atoms with Crippen LogP contribution in [0.1, 0.15) is 17.3 Å². The third-order valence-electron chi connectivity index (χ3n) is 4.28. The molecule has 0 aliphatic rings. The molecule has 168 valence electrons. The Hall–Kier alpha value is -3.31. The molecule has 0 aromatic heterocycles. The van der Waals surface area contributed by atoms with E-state index in [0.29, 0.717) is 5.75 Å². The maximum Gasteiger partial charge on any atom is 0.340 e. The molecule has 0 unspecified atom stereocenters. The van der Waals surface area contributed by atoms with Crippen molar-refractivity contribution in [3.63, 3.8) is 0 Å². The molecule has 2 aromatic carbocycles. The molecule has 31 heavy (non-hydrogen) atoms. The van der Waals surface area contributed by atoms with Gasteiger partial charge >= 0.3 is 5.97 Å². The van der Waals surface area contributed by atoms with Crippen LogP contribution in [-0.2, 0) is 19.6 Å². The number of hydrogen-bond donors (Lipinski definition) is 2. The first kappa shape index (κ1) is 24.0. The van der Waals surface area contributed by atoms with Crippen LogP contribution in [0.25, 0.3) is 0 Å². The topological polar surface area (TPSA) is 129 Å². The second-order valence-electron chi connectivity index (χ2n) is 6.25. The SMILES string of the molecule is COC(=O)c1cc(OC)c(OC)cc1NC(=O)[C@@H](C)NS(=O)(=O)c1ccc(OC)cc1. The molecule has 2 N–H and O–H groups in total. The molecule has 0 saturated carbocycles. The molecule has 2 aromatic rings. The minimum atomic E-state index is -3.98. The number of benzene rings is 2. The highest BCUT2D eigenvalue weighted by Gasteiger charge is 2.25. The standard InChI is InChI=1S/C20H24N2O8S/c1-12(22-31(25,26)14-8-6-13(27-2)7-9-14)19(23)21-16-11-18(29-4)17(28-3)10-15(16)20(24)30-5/h6-12,22H,1-5H3,(H,21,23)/t12-/m1/s1. The van der Waals surface area contributed by atoms with Crippen LogP contribution in [-0.4, -0.2) is 54.8 Å². The zero-order valence-corrected chi connectivity index (χ0v) is 18.5. The van der Waals surface area contributed by atoms with Crippen LogP contribution in [0.2, 0.25) is 0 Å². The van der Waals surface area contributed by atoms with Gasteiger partial charge in [-0.25, -0.2) is 13.2 Å². The second kappa shape index (κ2) is 10.1. The van der Waals surface area contributed by atoms with Crippen molar-refractivity contribution >= 4 is 27.6 Å². The summed E-state index contributed by atoms with van der Waals surface area (Å²) in [4.78, 5) is 24.8. The van der Waals surface area contributed by atoms with E-state index in [9.17, 15) is 18.0 Å². The normalized spacial score (nSPS) is 11.9. The average Bonchev–Trinajstić information content (AvgIpc) is 2.77. The van der Waals surface area contributed by atoms with Gasteiger partial charge < -0.3 is 24.3 Å². The predicted molar refractivity (Wildman–Crippen MR) is 112 cm³/mol. The average molecular weight is 452 g/mol. The predicted octanol–water partition coefficient (Wildman–Crippen LogP) is 1.80. The fraction of sp³-hybridized carbons (Fsp3) is 0.300. The van der Waals surface area contributed by atoms with Gasteiger partial charge in [-0.15, -0.1) is 0 Å². The van der Waals surface area contributed by atoms with E-state index < -0.39 is 27.9 Å². The summed E-state index contributed by atoms with van der Waals surface area (Å²) in [5, 5.41) is 2.52. The van der Waals surface area contributed by atoms with E-state index in [4.69, 9.17) is 18.9 Å². The molecule has 0 aliphatic carbocycles. The summed E-state index contributed by atoms with van der Waals surface area (Å²) in [6.45, 7) is 1.37. The molecule has 2 rings (SSSR count). The Labute approximate surface area is 180 Å². The van der Waals surface area contributed by atoms with Gasteiger partial charge in [-0.3, -0.25) is 4.79 Å². The van der Waals surface area contributed by atoms with Gasteiger partial charge in [-0.1, -0.05) is 0 Å². The molecule has 0 saturated heterocycles. The monoisotopic (exact) mass is 452 g/mol. The first-order valence-corrected chi connectivity index (χ1v) is 10.5. The first-order valence-electron chi connectivity index (χ1n) is 8.98. The highest BCUT2D eigenvalue weighted by Crippen LogP contribution is 2.33. The summed E-state index contributed by atoms with van der Waals surface area (Å²) in [7, 11) is 1.47. The molecular weight excluding hydrogens is 428 g/mol. The molecule has 10 nitrogen and oxygen atoms in total. The van der Waals surface area contributed by atoms with Gasteiger partial charge in [0.2, 0.25) is 15.9 Å². The molecule has 1 atom stereocenters. The molecule has 0 fully saturated rings. The van der Waals surface area contributed by atoms with Crippen molar-refractivity contribution in [3.05, 3.63) is 42.0 Å². The number of carbonyl (C=O) groups excluding carboxylic acids is 2. The Balaban J connectivity index is 2.26. The molecule has 0 aliphatic heterocycles. The first-order chi connectivity index (χ1) is 14.7. The van der Waals surface area contributed by atoms with E-state index in [1.807, 2.05) is 0 Å². The fourth-order valence-corrected chi connectivity index (χ4v) is 3.81.